The van der Waals surface area contributed by atoms with Crippen LogP contribution in [0, 0.1) is 17.8 Å². The topological polar surface area (TPSA) is 61.4 Å². The highest BCUT2D eigenvalue weighted by atomic mass is 32.2. The average Bonchev–Trinajstić information content (AvgIpc) is 3.01. The normalized spacial score (nSPS) is 35.5. The number of rotatable bonds is 4. The first kappa shape index (κ1) is 17.1. The molecule has 0 bridgehead atoms. The van der Waals surface area contributed by atoms with E-state index in [0.717, 1.165) is 44.4 Å². The quantitative estimate of drug-likeness (QED) is 0.805. The lowest BCUT2D eigenvalue weighted by Crippen LogP contribution is -2.54. The van der Waals surface area contributed by atoms with Gasteiger partial charge in [0.1, 0.15) is 0 Å². The van der Waals surface area contributed by atoms with Crippen LogP contribution in [0.3, 0.4) is 0 Å². The van der Waals surface area contributed by atoms with E-state index in [2.05, 4.69) is 15.5 Å². The second kappa shape index (κ2) is 7.43. The van der Waals surface area contributed by atoms with Gasteiger partial charge in [-0.3, -0.25) is 14.5 Å². The van der Waals surface area contributed by atoms with Gasteiger partial charge < -0.3 is 10.6 Å². The highest BCUT2D eigenvalue weighted by molar-refractivity contribution is 7.99. The number of hydrogen-bond acceptors (Lipinski definition) is 4. The van der Waals surface area contributed by atoms with Gasteiger partial charge in [0.05, 0.1) is 6.04 Å². The van der Waals surface area contributed by atoms with Crippen molar-refractivity contribution in [1.82, 2.24) is 15.5 Å². The molecule has 0 aromatic carbocycles. The number of nitrogens with zero attached hydrogens (tertiary/aromatic N) is 1. The third-order valence-corrected chi connectivity index (χ3v) is 6.90. The molecule has 23 heavy (non-hydrogen) atoms. The van der Waals surface area contributed by atoms with Gasteiger partial charge in [-0.2, -0.15) is 11.8 Å². The summed E-state index contributed by atoms with van der Waals surface area (Å²) in [6.45, 7) is 0.792. The van der Waals surface area contributed by atoms with Crippen molar-refractivity contribution in [3.05, 3.63) is 0 Å². The molecule has 2 amide bonds. The van der Waals surface area contributed by atoms with Crippen LogP contribution in [0.2, 0.25) is 0 Å². The van der Waals surface area contributed by atoms with Crippen molar-refractivity contribution < 1.29 is 9.59 Å². The van der Waals surface area contributed by atoms with Crippen LogP contribution in [0.15, 0.2) is 0 Å². The maximum absolute atomic E-state index is 12.8. The molecular weight excluding hydrogens is 310 g/mol. The molecule has 5 atom stereocenters. The van der Waals surface area contributed by atoms with E-state index in [-0.39, 0.29) is 29.8 Å². The van der Waals surface area contributed by atoms with E-state index < -0.39 is 0 Å². The molecule has 0 spiro atoms. The Bertz CT molecular complexity index is 451. The van der Waals surface area contributed by atoms with Gasteiger partial charge in [0.2, 0.25) is 11.8 Å². The fraction of sp³-hybridized carbons (Fsp3) is 0.882. The van der Waals surface area contributed by atoms with E-state index in [1.54, 1.807) is 0 Å². The first-order chi connectivity index (χ1) is 11.1. The predicted octanol–water partition coefficient (Wildman–Crippen LogP) is 1.09. The SMILES string of the molecule is CN(C)C(C(=O)NC1CCC2C(=O)NCCC2C1)C1CCSC1. The Labute approximate surface area is 143 Å². The summed E-state index contributed by atoms with van der Waals surface area (Å²) in [4.78, 5) is 26.8. The zero-order valence-corrected chi connectivity index (χ0v) is 15.0. The molecular formula is C17H29N3O2S. The minimum Gasteiger partial charge on any atom is -0.356 e. The summed E-state index contributed by atoms with van der Waals surface area (Å²) in [7, 11) is 4.02. The van der Waals surface area contributed by atoms with Crippen LogP contribution in [0.1, 0.15) is 32.1 Å². The second-order valence-electron chi connectivity index (χ2n) is 7.50. The summed E-state index contributed by atoms with van der Waals surface area (Å²) in [5.41, 5.74) is 0. The number of fused-ring (bicyclic) bond motifs is 1. The van der Waals surface area contributed by atoms with Crippen LogP contribution < -0.4 is 10.6 Å². The predicted molar refractivity (Wildman–Crippen MR) is 93.3 cm³/mol. The Morgan fingerprint density at radius 3 is 2.83 bits per heavy atom. The number of thioether (sulfide) groups is 1. The van der Waals surface area contributed by atoms with Gasteiger partial charge in [-0.25, -0.2) is 0 Å². The van der Waals surface area contributed by atoms with Crippen LogP contribution >= 0.6 is 11.8 Å². The molecule has 5 nitrogen and oxygen atoms in total. The lowest BCUT2D eigenvalue weighted by Gasteiger charge is -2.39. The number of amides is 2. The monoisotopic (exact) mass is 339 g/mol. The van der Waals surface area contributed by atoms with Crippen molar-refractivity contribution in [2.24, 2.45) is 17.8 Å². The molecule has 1 saturated carbocycles. The van der Waals surface area contributed by atoms with Crippen LogP contribution in [0.25, 0.3) is 0 Å². The molecule has 130 valence electrons. The third-order valence-electron chi connectivity index (χ3n) is 5.72. The number of piperidine rings is 1. The minimum atomic E-state index is -0.0163. The Balaban J connectivity index is 1.57. The van der Waals surface area contributed by atoms with Gasteiger partial charge in [0, 0.05) is 18.5 Å². The molecule has 3 rings (SSSR count). The first-order valence-corrected chi connectivity index (χ1v) is 10.0. The van der Waals surface area contributed by atoms with Crippen LogP contribution in [-0.2, 0) is 9.59 Å². The summed E-state index contributed by atoms with van der Waals surface area (Å²) < 4.78 is 0. The van der Waals surface area contributed by atoms with Crippen molar-refractivity contribution in [2.75, 3.05) is 32.1 Å². The molecule has 1 aliphatic carbocycles. The van der Waals surface area contributed by atoms with E-state index in [0.29, 0.717) is 11.8 Å². The molecule has 0 radical (unpaired) electrons. The number of carbonyl (C=O) groups is 2. The van der Waals surface area contributed by atoms with Gasteiger partial charge in [-0.05, 0) is 69.5 Å². The van der Waals surface area contributed by atoms with Crippen molar-refractivity contribution in [2.45, 2.75) is 44.2 Å². The van der Waals surface area contributed by atoms with E-state index >= 15 is 0 Å². The van der Waals surface area contributed by atoms with Gasteiger partial charge in [-0.1, -0.05) is 0 Å². The number of nitrogens with one attached hydrogen (secondary N) is 2. The molecule has 0 aromatic rings. The number of likely N-dealkylation sites (N-methyl/N-ethyl adjacent to an activating group) is 1. The standard InChI is InChI=1S/C17H29N3O2S/c1-20(2)15(12-6-8-23-10-12)17(22)19-13-3-4-14-11(9-13)5-7-18-16(14)21/h11-15H,3-10H2,1-2H3,(H,18,21)(H,19,22). The lowest BCUT2D eigenvalue weighted by atomic mass is 9.73. The Morgan fingerprint density at radius 2 is 2.13 bits per heavy atom. The highest BCUT2D eigenvalue weighted by Crippen LogP contribution is 2.35. The van der Waals surface area contributed by atoms with E-state index in [4.69, 9.17) is 0 Å². The maximum atomic E-state index is 12.8. The lowest BCUT2D eigenvalue weighted by molar-refractivity contribution is -0.131. The van der Waals surface area contributed by atoms with Crippen molar-refractivity contribution in [3.63, 3.8) is 0 Å². The molecule has 2 saturated heterocycles. The van der Waals surface area contributed by atoms with Crippen LogP contribution in [0.4, 0.5) is 0 Å². The highest BCUT2D eigenvalue weighted by Gasteiger charge is 2.39. The van der Waals surface area contributed by atoms with E-state index in [1.807, 2.05) is 25.9 Å². The Morgan fingerprint density at radius 1 is 1.30 bits per heavy atom. The summed E-state index contributed by atoms with van der Waals surface area (Å²) in [5.74, 6) is 3.75. The molecule has 3 aliphatic rings. The van der Waals surface area contributed by atoms with Crippen LogP contribution in [-0.4, -0.2) is 60.9 Å². The number of carbonyl (C=O) groups excluding carboxylic acids is 2. The maximum Gasteiger partial charge on any atom is 0.237 e. The Kier molecular flexibility index (Phi) is 5.52. The zero-order valence-electron chi connectivity index (χ0n) is 14.2. The minimum absolute atomic E-state index is 0.0163. The van der Waals surface area contributed by atoms with Crippen molar-refractivity contribution in [3.8, 4) is 0 Å². The summed E-state index contributed by atoms with van der Waals surface area (Å²) in [6.07, 6.45) is 4.99. The smallest absolute Gasteiger partial charge is 0.237 e. The number of hydrogen-bond donors (Lipinski definition) is 2. The molecule has 5 unspecified atom stereocenters. The fourth-order valence-electron chi connectivity index (χ4n) is 4.53. The van der Waals surface area contributed by atoms with E-state index in [1.165, 1.54) is 5.75 Å². The van der Waals surface area contributed by atoms with Gasteiger partial charge >= 0.3 is 0 Å². The average molecular weight is 340 g/mol. The Hall–Kier alpha value is -0.750. The van der Waals surface area contributed by atoms with Crippen LogP contribution in [0.5, 0.6) is 0 Å². The zero-order chi connectivity index (χ0) is 16.4. The second-order valence-corrected chi connectivity index (χ2v) is 8.65. The molecule has 6 heteroatoms. The van der Waals surface area contributed by atoms with E-state index in [9.17, 15) is 9.59 Å². The van der Waals surface area contributed by atoms with Gasteiger partial charge in [-0.15, -0.1) is 0 Å². The van der Waals surface area contributed by atoms with Gasteiger partial charge in [0.25, 0.3) is 0 Å². The summed E-state index contributed by atoms with van der Waals surface area (Å²) in [5, 5.41) is 6.28. The molecule has 3 fully saturated rings. The molecule has 2 N–H and O–H groups in total. The third kappa shape index (κ3) is 3.85. The fourth-order valence-corrected chi connectivity index (χ4v) is 5.82. The van der Waals surface area contributed by atoms with Gasteiger partial charge in [0.15, 0.2) is 0 Å². The molecule has 2 aliphatic heterocycles. The molecule has 2 heterocycles. The first-order valence-electron chi connectivity index (χ1n) is 8.88. The van der Waals surface area contributed by atoms with Crippen molar-refractivity contribution in [1.29, 1.82) is 0 Å². The van der Waals surface area contributed by atoms with Crippen molar-refractivity contribution >= 4 is 23.6 Å². The largest absolute Gasteiger partial charge is 0.356 e. The summed E-state index contributed by atoms with van der Waals surface area (Å²) >= 11 is 1.96. The summed E-state index contributed by atoms with van der Waals surface area (Å²) in [6, 6.07) is 0.225. The molecule has 0 aromatic heterocycles.